The fourth-order valence-corrected chi connectivity index (χ4v) is 5.70. The molecule has 5 nitrogen and oxygen atoms in total. The summed E-state index contributed by atoms with van der Waals surface area (Å²) < 4.78 is 0. The van der Waals surface area contributed by atoms with Crippen LogP contribution in [0, 0.1) is 5.41 Å². The van der Waals surface area contributed by atoms with Gasteiger partial charge in [0.15, 0.2) is 0 Å². The number of hydrogen-bond acceptors (Lipinski definition) is 3. The van der Waals surface area contributed by atoms with Gasteiger partial charge in [-0.25, -0.2) is 0 Å². The van der Waals surface area contributed by atoms with Crippen molar-refractivity contribution in [3.63, 3.8) is 0 Å². The maximum Gasteiger partial charge on any atom is 0.254 e. The smallest absolute Gasteiger partial charge is 0.254 e. The number of anilines is 1. The zero-order valence-corrected chi connectivity index (χ0v) is 17.7. The first-order chi connectivity index (χ1) is 13.4. The van der Waals surface area contributed by atoms with E-state index in [9.17, 15) is 9.59 Å². The van der Waals surface area contributed by atoms with Gasteiger partial charge in [-0.1, -0.05) is 11.6 Å². The summed E-state index contributed by atoms with van der Waals surface area (Å²) in [6, 6.07) is 5.58. The topological polar surface area (TPSA) is 43.9 Å². The second kappa shape index (κ2) is 7.58. The second-order valence-electron chi connectivity index (χ2n) is 8.62. The van der Waals surface area contributed by atoms with E-state index in [1.54, 1.807) is 6.07 Å². The maximum absolute atomic E-state index is 13.3. The molecule has 0 bridgehead atoms. The summed E-state index contributed by atoms with van der Waals surface area (Å²) in [5, 5.41) is 0.639. The van der Waals surface area contributed by atoms with Crippen LogP contribution in [-0.4, -0.2) is 60.9 Å². The molecule has 0 radical (unpaired) electrons. The predicted molar refractivity (Wildman–Crippen MR) is 112 cm³/mol. The Bertz CT molecular complexity index is 773. The van der Waals surface area contributed by atoms with Crippen molar-refractivity contribution in [1.82, 2.24) is 9.80 Å². The summed E-state index contributed by atoms with van der Waals surface area (Å²) in [6.07, 6.45) is 5.99. The number of nitrogens with zero attached hydrogens (tertiary/aromatic N) is 3. The molecule has 3 heterocycles. The summed E-state index contributed by atoms with van der Waals surface area (Å²) >= 11 is 6.54. The number of rotatable bonds is 2. The third kappa shape index (κ3) is 3.18. The van der Waals surface area contributed by atoms with Crippen LogP contribution in [0.4, 0.5) is 5.69 Å². The monoisotopic (exact) mass is 403 g/mol. The molecule has 0 aliphatic carbocycles. The van der Waals surface area contributed by atoms with Crippen molar-refractivity contribution >= 4 is 29.1 Å². The molecule has 3 aliphatic rings. The molecule has 0 unspecified atom stereocenters. The Labute approximate surface area is 172 Å². The van der Waals surface area contributed by atoms with Crippen LogP contribution in [0.25, 0.3) is 0 Å². The highest BCUT2D eigenvalue weighted by Crippen LogP contribution is 2.44. The van der Waals surface area contributed by atoms with E-state index in [4.69, 9.17) is 11.6 Å². The number of halogens is 1. The van der Waals surface area contributed by atoms with Crippen LogP contribution < -0.4 is 4.90 Å². The Morgan fingerprint density at radius 1 is 1.07 bits per heavy atom. The van der Waals surface area contributed by atoms with Crippen LogP contribution in [0.2, 0.25) is 5.02 Å². The average Bonchev–Trinajstić information content (AvgIpc) is 3.22. The standard InChI is InChI=1S/C22H30ClN3O2/c1-16-22(9-5-11-24(2)21(22)28)10-6-14-26(16)20(27)17-7-8-19(18(23)15-17)25-12-3-4-13-25/h7-8,15-16H,3-6,9-14H2,1-2H3/t16-,22+/m1/s1. The molecule has 3 aliphatic heterocycles. The van der Waals surface area contributed by atoms with Crippen LogP contribution >= 0.6 is 11.6 Å². The van der Waals surface area contributed by atoms with E-state index in [0.29, 0.717) is 17.1 Å². The van der Waals surface area contributed by atoms with Crippen LogP contribution in [0.1, 0.15) is 55.8 Å². The van der Waals surface area contributed by atoms with Crippen molar-refractivity contribution < 1.29 is 9.59 Å². The Morgan fingerprint density at radius 2 is 1.75 bits per heavy atom. The first-order valence-electron chi connectivity index (χ1n) is 10.5. The number of carbonyl (C=O) groups is 2. The molecule has 0 aromatic heterocycles. The average molecular weight is 404 g/mol. The Morgan fingerprint density at radius 3 is 2.43 bits per heavy atom. The number of hydrogen-bond donors (Lipinski definition) is 0. The van der Waals surface area contributed by atoms with Gasteiger partial charge in [-0.05, 0) is 63.6 Å². The van der Waals surface area contributed by atoms with Gasteiger partial charge in [0.1, 0.15) is 0 Å². The molecule has 152 valence electrons. The van der Waals surface area contributed by atoms with Gasteiger partial charge in [-0.2, -0.15) is 0 Å². The van der Waals surface area contributed by atoms with Crippen LogP contribution in [0.5, 0.6) is 0 Å². The van der Waals surface area contributed by atoms with Crippen molar-refractivity contribution in [3.05, 3.63) is 28.8 Å². The molecule has 28 heavy (non-hydrogen) atoms. The van der Waals surface area contributed by atoms with E-state index in [1.807, 2.05) is 35.9 Å². The lowest BCUT2D eigenvalue weighted by atomic mass is 9.68. The first kappa shape index (κ1) is 19.6. The SMILES string of the molecule is C[C@H]1N(C(=O)c2ccc(N3CCCC3)c(Cl)c2)CCC[C@@]12CCCN(C)C2=O. The minimum atomic E-state index is -0.430. The minimum absolute atomic E-state index is 0.0116. The summed E-state index contributed by atoms with van der Waals surface area (Å²) in [4.78, 5) is 32.4. The summed E-state index contributed by atoms with van der Waals surface area (Å²) in [7, 11) is 1.88. The third-order valence-corrected chi connectivity index (χ3v) is 7.38. The highest BCUT2D eigenvalue weighted by molar-refractivity contribution is 6.33. The van der Waals surface area contributed by atoms with E-state index < -0.39 is 5.41 Å². The molecule has 1 spiro atoms. The molecule has 2 atom stereocenters. The Balaban J connectivity index is 1.57. The van der Waals surface area contributed by atoms with Gasteiger partial charge < -0.3 is 14.7 Å². The van der Waals surface area contributed by atoms with Gasteiger partial charge in [-0.3, -0.25) is 9.59 Å². The Kier molecular flexibility index (Phi) is 5.30. The van der Waals surface area contributed by atoms with Gasteiger partial charge in [-0.15, -0.1) is 0 Å². The lowest BCUT2D eigenvalue weighted by Gasteiger charge is -2.51. The lowest BCUT2D eigenvalue weighted by Crippen LogP contribution is -2.61. The first-order valence-corrected chi connectivity index (χ1v) is 10.9. The van der Waals surface area contributed by atoms with Crippen LogP contribution in [0.15, 0.2) is 18.2 Å². The van der Waals surface area contributed by atoms with Crippen molar-refractivity contribution in [2.24, 2.45) is 5.41 Å². The lowest BCUT2D eigenvalue weighted by molar-refractivity contribution is -0.152. The number of amides is 2. The molecule has 1 aromatic rings. The molecule has 2 amide bonds. The number of benzene rings is 1. The number of likely N-dealkylation sites (tertiary alicyclic amines) is 2. The fourth-order valence-electron chi connectivity index (χ4n) is 5.40. The van der Waals surface area contributed by atoms with Gasteiger partial charge in [0, 0.05) is 44.8 Å². The zero-order chi connectivity index (χ0) is 19.9. The summed E-state index contributed by atoms with van der Waals surface area (Å²) in [5.41, 5.74) is 1.21. The minimum Gasteiger partial charge on any atom is -0.370 e. The number of piperidine rings is 2. The fraction of sp³-hybridized carbons (Fsp3) is 0.636. The second-order valence-corrected chi connectivity index (χ2v) is 9.03. The molecule has 0 saturated carbocycles. The molecular weight excluding hydrogens is 374 g/mol. The summed E-state index contributed by atoms with van der Waals surface area (Å²) in [5.74, 6) is 0.189. The van der Waals surface area contributed by atoms with E-state index in [1.165, 1.54) is 12.8 Å². The van der Waals surface area contributed by atoms with Gasteiger partial charge in [0.2, 0.25) is 5.91 Å². The van der Waals surface area contributed by atoms with Crippen molar-refractivity contribution in [1.29, 1.82) is 0 Å². The van der Waals surface area contributed by atoms with Crippen LogP contribution in [-0.2, 0) is 4.79 Å². The quantitative estimate of drug-likeness (QED) is 0.754. The predicted octanol–water partition coefficient (Wildman–Crippen LogP) is 3.80. The highest BCUT2D eigenvalue weighted by Gasteiger charge is 2.51. The van der Waals surface area contributed by atoms with E-state index >= 15 is 0 Å². The van der Waals surface area contributed by atoms with Gasteiger partial charge in [0.05, 0.1) is 16.1 Å². The normalized spacial score (nSPS) is 28.3. The molecule has 1 aromatic carbocycles. The molecule has 6 heteroatoms. The highest BCUT2D eigenvalue weighted by atomic mass is 35.5. The van der Waals surface area contributed by atoms with Crippen molar-refractivity contribution in [2.75, 3.05) is 38.1 Å². The summed E-state index contributed by atoms with van der Waals surface area (Å²) in [6.45, 7) is 5.61. The maximum atomic E-state index is 13.3. The largest absolute Gasteiger partial charge is 0.370 e. The molecule has 4 rings (SSSR count). The van der Waals surface area contributed by atoms with E-state index in [-0.39, 0.29) is 17.9 Å². The molecule has 3 saturated heterocycles. The third-order valence-electron chi connectivity index (χ3n) is 7.08. The van der Waals surface area contributed by atoms with Gasteiger partial charge in [0.25, 0.3) is 5.91 Å². The van der Waals surface area contributed by atoms with E-state index in [0.717, 1.165) is 51.0 Å². The molecule has 0 N–H and O–H groups in total. The molecule has 3 fully saturated rings. The Hall–Kier alpha value is -1.75. The van der Waals surface area contributed by atoms with Crippen molar-refractivity contribution in [2.45, 2.75) is 51.5 Å². The number of carbonyl (C=O) groups excluding carboxylic acids is 2. The van der Waals surface area contributed by atoms with Gasteiger partial charge >= 0.3 is 0 Å². The van der Waals surface area contributed by atoms with E-state index in [2.05, 4.69) is 4.90 Å². The molecular formula is C22H30ClN3O2. The van der Waals surface area contributed by atoms with Crippen LogP contribution in [0.3, 0.4) is 0 Å². The van der Waals surface area contributed by atoms with Crippen molar-refractivity contribution in [3.8, 4) is 0 Å². The zero-order valence-electron chi connectivity index (χ0n) is 16.9.